The summed E-state index contributed by atoms with van der Waals surface area (Å²) in [6.45, 7) is 7.75. The molecular weight excluding hydrogens is 244 g/mol. The highest BCUT2D eigenvalue weighted by atomic mass is 14.9. The minimum Gasteiger partial charge on any atom is -0.309 e. The van der Waals surface area contributed by atoms with Crippen molar-refractivity contribution in [2.45, 2.75) is 46.1 Å². The second kappa shape index (κ2) is 7.39. The lowest BCUT2D eigenvalue weighted by atomic mass is 9.95. The van der Waals surface area contributed by atoms with Gasteiger partial charge in [0.1, 0.15) is 0 Å². The van der Waals surface area contributed by atoms with Gasteiger partial charge in [-0.1, -0.05) is 57.9 Å². The molecule has 0 aliphatic carbocycles. The van der Waals surface area contributed by atoms with E-state index in [1.165, 1.54) is 23.9 Å². The Hall–Kier alpha value is -1.41. The van der Waals surface area contributed by atoms with Crippen molar-refractivity contribution in [1.29, 1.82) is 0 Å². The minimum absolute atomic E-state index is 0.367. The summed E-state index contributed by atoms with van der Waals surface area (Å²) < 4.78 is 0. The molecule has 0 aliphatic rings. The Morgan fingerprint density at radius 3 is 2.65 bits per heavy atom. The molecule has 1 heterocycles. The molecule has 108 valence electrons. The van der Waals surface area contributed by atoms with Crippen LogP contribution in [0, 0.1) is 5.92 Å². The highest BCUT2D eigenvalue weighted by molar-refractivity contribution is 5.78. The first-order valence-electron chi connectivity index (χ1n) is 7.83. The number of pyridine rings is 1. The molecular formula is C18H26N2. The molecule has 0 fully saturated rings. The van der Waals surface area contributed by atoms with Crippen molar-refractivity contribution < 1.29 is 0 Å². The van der Waals surface area contributed by atoms with Gasteiger partial charge in [0.25, 0.3) is 0 Å². The predicted octanol–water partition coefficient (Wildman–Crippen LogP) is 4.71. The van der Waals surface area contributed by atoms with E-state index in [1.807, 2.05) is 0 Å². The zero-order chi connectivity index (χ0) is 14.4. The molecule has 2 atom stereocenters. The summed E-state index contributed by atoms with van der Waals surface area (Å²) in [5.41, 5.74) is 2.27. The van der Waals surface area contributed by atoms with E-state index < -0.39 is 0 Å². The van der Waals surface area contributed by atoms with Gasteiger partial charge in [0.2, 0.25) is 0 Å². The SMILES string of the molecule is CCCC(C)CC(NCC)c1ccc2ccccc2n1. The number of aromatic nitrogens is 1. The Labute approximate surface area is 122 Å². The first-order chi connectivity index (χ1) is 9.74. The van der Waals surface area contributed by atoms with Crippen LogP contribution in [0.5, 0.6) is 0 Å². The zero-order valence-electron chi connectivity index (χ0n) is 12.9. The number of nitrogens with zero attached hydrogens (tertiary/aromatic N) is 1. The second-order valence-corrected chi connectivity index (χ2v) is 5.67. The maximum absolute atomic E-state index is 4.84. The Morgan fingerprint density at radius 1 is 1.10 bits per heavy atom. The Balaban J connectivity index is 2.21. The molecule has 20 heavy (non-hydrogen) atoms. The Morgan fingerprint density at radius 2 is 1.90 bits per heavy atom. The highest BCUT2D eigenvalue weighted by Gasteiger charge is 2.15. The first kappa shape index (κ1) is 15.0. The molecule has 0 saturated carbocycles. The average Bonchev–Trinajstić information content (AvgIpc) is 2.46. The molecule has 2 unspecified atom stereocenters. The van der Waals surface area contributed by atoms with Crippen LogP contribution in [0.2, 0.25) is 0 Å². The van der Waals surface area contributed by atoms with Gasteiger partial charge in [0, 0.05) is 11.4 Å². The molecule has 1 aromatic carbocycles. The van der Waals surface area contributed by atoms with Gasteiger partial charge < -0.3 is 5.32 Å². The van der Waals surface area contributed by atoms with E-state index in [0.717, 1.165) is 24.4 Å². The fourth-order valence-electron chi connectivity index (χ4n) is 2.84. The fraction of sp³-hybridized carbons (Fsp3) is 0.500. The molecule has 0 amide bonds. The second-order valence-electron chi connectivity index (χ2n) is 5.67. The summed E-state index contributed by atoms with van der Waals surface area (Å²) in [5, 5.41) is 4.81. The van der Waals surface area contributed by atoms with Crippen molar-refractivity contribution in [2.75, 3.05) is 6.54 Å². The third kappa shape index (κ3) is 3.80. The van der Waals surface area contributed by atoms with Crippen LogP contribution >= 0.6 is 0 Å². The summed E-state index contributed by atoms with van der Waals surface area (Å²) in [4.78, 5) is 4.84. The van der Waals surface area contributed by atoms with Crippen LogP contribution in [0.25, 0.3) is 10.9 Å². The quantitative estimate of drug-likeness (QED) is 0.788. The van der Waals surface area contributed by atoms with E-state index in [2.05, 4.69) is 62.5 Å². The molecule has 0 saturated heterocycles. The molecule has 0 radical (unpaired) electrons. The lowest BCUT2D eigenvalue weighted by Crippen LogP contribution is -2.23. The molecule has 0 spiro atoms. The van der Waals surface area contributed by atoms with Crippen LogP contribution in [0.1, 0.15) is 51.8 Å². The van der Waals surface area contributed by atoms with Crippen LogP contribution in [0.3, 0.4) is 0 Å². The van der Waals surface area contributed by atoms with Gasteiger partial charge in [0.05, 0.1) is 11.2 Å². The minimum atomic E-state index is 0.367. The number of nitrogens with one attached hydrogen (secondary N) is 1. The smallest absolute Gasteiger partial charge is 0.0706 e. The summed E-state index contributed by atoms with van der Waals surface area (Å²) in [6, 6.07) is 13.1. The predicted molar refractivity (Wildman–Crippen MR) is 86.8 cm³/mol. The maximum atomic E-state index is 4.84. The molecule has 1 N–H and O–H groups in total. The lowest BCUT2D eigenvalue weighted by molar-refractivity contribution is 0.390. The summed E-state index contributed by atoms with van der Waals surface area (Å²) >= 11 is 0. The third-order valence-electron chi connectivity index (χ3n) is 3.85. The third-order valence-corrected chi connectivity index (χ3v) is 3.85. The monoisotopic (exact) mass is 270 g/mol. The van der Waals surface area contributed by atoms with E-state index in [9.17, 15) is 0 Å². The highest BCUT2D eigenvalue weighted by Crippen LogP contribution is 2.24. The fourth-order valence-corrected chi connectivity index (χ4v) is 2.84. The Bertz CT molecular complexity index is 536. The van der Waals surface area contributed by atoms with Gasteiger partial charge in [-0.2, -0.15) is 0 Å². The topological polar surface area (TPSA) is 24.9 Å². The van der Waals surface area contributed by atoms with Crippen molar-refractivity contribution in [3.8, 4) is 0 Å². The van der Waals surface area contributed by atoms with Gasteiger partial charge in [-0.05, 0) is 31.0 Å². The number of hydrogen-bond acceptors (Lipinski definition) is 2. The van der Waals surface area contributed by atoms with Crippen molar-refractivity contribution in [2.24, 2.45) is 5.92 Å². The first-order valence-corrected chi connectivity index (χ1v) is 7.83. The lowest BCUT2D eigenvalue weighted by Gasteiger charge is -2.21. The van der Waals surface area contributed by atoms with Gasteiger partial charge in [-0.15, -0.1) is 0 Å². The molecule has 2 aromatic rings. The summed E-state index contributed by atoms with van der Waals surface area (Å²) in [5.74, 6) is 0.734. The van der Waals surface area contributed by atoms with Gasteiger partial charge >= 0.3 is 0 Å². The van der Waals surface area contributed by atoms with E-state index in [-0.39, 0.29) is 0 Å². The van der Waals surface area contributed by atoms with Crippen molar-refractivity contribution >= 4 is 10.9 Å². The van der Waals surface area contributed by atoms with E-state index >= 15 is 0 Å². The van der Waals surface area contributed by atoms with Crippen molar-refractivity contribution in [3.05, 3.63) is 42.1 Å². The van der Waals surface area contributed by atoms with Gasteiger partial charge in [0.15, 0.2) is 0 Å². The molecule has 2 heteroatoms. The largest absolute Gasteiger partial charge is 0.309 e. The summed E-state index contributed by atoms with van der Waals surface area (Å²) in [7, 11) is 0. The van der Waals surface area contributed by atoms with Crippen molar-refractivity contribution in [1.82, 2.24) is 10.3 Å². The molecule has 0 bridgehead atoms. The normalized spacial score (nSPS) is 14.3. The number of fused-ring (bicyclic) bond motifs is 1. The van der Waals surface area contributed by atoms with Crippen molar-refractivity contribution in [3.63, 3.8) is 0 Å². The molecule has 0 aliphatic heterocycles. The van der Waals surface area contributed by atoms with Gasteiger partial charge in [-0.25, -0.2) is 0 Å². The number of rotatable bonds is 7. The number of hydrogen-bond donors (Lipinski definition) is 1. The van der Waals surface area contributed by atoms with Crippen LogP contribution in [0.15, 0.2) is 36.4 Å². The number of para-hydroxylation sites is 1. The number of benzene rings is 1. The van der Waals surface area contributed by atoms with E-state index in [0.29, 0.717) is 6.04 Å². The Kier molecular flexibility index (Phi) is 5.54. The standard InChI is InChI=1S/C18H26N2/c1-4-8-14(3)13-18(19-5-2)17-12-11-15-9-6-7-10-16(15)20-17/h6-7,9-12,14,18-19H,4-5,8,13H2,1-3H3. The van der Waals surface area contributed by atoms with E-state index in [1.54, 1.807) is 0 Å². The molecule has 2 rings (SSSR count). The maximum Gasteiger partial charge on any atom is 0.0706 e. The zero-order valence-corrected chi connectivity index (χ0v) is 12.9. The molecule has 1 aromatic heterocycles. The summed E-state index contributed by atoms with van der Waals surface area (Å²) in [6.07, 6.45) is 3.70. The van der Waals surface area contributed by atoms with Crippen LogP contribution in [0.4, 0.5) is 0 Å². The molecule has 2 nitrogen and oxygen atoms in total. The van der Waals surface area contributed by atoms with Gasteiger partial charge in [-0.3, -0.25) is 4.98 Å². The van der Waals surface area contributed by atoms with Crippen LogP contribution in [-0.4, -0.2) is 11.5 Å². The average molecular weight is 270 g/mol. The van der Waals surface area contributed by atoms with Crippen LogP contribution < -0.4 is 5.32 Å². The van der Waals surface area contributed by atoms with E-state index in [4.69, 9.17) is 4.98 Å². The van der Waals surface area contributed by atoms with Crippen LogP contribution in [-0.2, 0) is 0 Å².